The third kappa shape index (κ3) is 7.39. The largest absolute Gasteiger partial charge is 0.494 e. The zero-order chi connectivity index (χ0) is 29.3. The van der Waals surface area contributed by atoms with Crippen molar-refractivity contribution in [2.24, 2.45) is 5.92 Å². The highest BCUT2D eigenvalue weighted by atomic mass is 35.5. The van der Waals surface area contributed by atoms with Crippen molar-refractivity contribution in [1.82, 2.24) is 14.9 Å². The third-order valence-corrected chi connectivity index (χ3v) is 8.98. The summed E-state index contributed by atoms with van der Waals surface area (Å²) in [5.74, 6) is 0.391. The molecule has 1 atom stereocenters. The quantitative estimate of drug-likeness (QED) is 0.418. The minimum atomic E-state index is -4.42. The van der Waals surface area contributed by atoms with E-state index in [4.69, 9.17) is 16.3 Å². The maximum Gasteiger partial charge on any atom is 0.408 e. The molecule has 1 aromatic heterocycles. The highest BCUT2D eigenvalue weighted by Gasteiger charge is 2.36. The summed E-state index contributed by atoms with van der Waals surface area (Å²) >= 11 is 6.72. The Bertz CT molecular complexity index is 1300. The molecule has 3 rings (SSSR count). The van der Waals surface area contributed by atoms with Gasteiger partial charge in [0.2, 0.25) is 0 Å². The Kier molecular flexibility index (Phi) is 9.21. The number of amides is 1. The van der Waals surface area contributed by atoms with Gasteiger partial charge < -0.3 is 15.4 Å². The molecule has 8 nitrogen and oxygen atoms in total. The van der Waals surface area contributed by atoms with Crippen LogP contribution in [0.3, 0.4) is 0 Å². The van der Waals surface area contributed by atoms with Crippen LogP contribution in [-0.4, -0.2) is 61.3 Å². The molecule has 2 N–H and O–H groups in total. The van der Waals surface area contributed by atoms with Gasteiger partial charge in [0.1, 0.15) is 32.6 Å². The van der Waals surface area contributed by atoms with Crippen molar-refractivity contribution in [3.05, 3.63) is 34.9 Å². The fourth-order valence-corrected chi connectivity index (χ4v) is 6.06. The lowest BCUT2D eigenvalue weighted by molar-refractivity contribution is -0.138. The van der Waals surface area contributed by atoms with Crippen molar-refractivity contribution in [2.75, 3.05) is 25.2 Å². The van der Waals surface area contributed by atoms with Crippen LogP contribution in [0.1, 0.15) is 69.7 Å². The van der Waals surface area contributed by atoms with Crippen LogP contribution in [0.4, 0.5) is 18.9 Å². The molecule has 1 amide bonds. The van der Waals surface area contributed by atoms with E-state index in [9.17, 15) is 26.4 Å². The van der Waals surface area contributed by atoms with Gasteiger partial charge in [0, 0.05) is 30.0 Å². The molecule has 1 heterocycles. The Hall–Kier alpha value is -2.47. The number of aromatic nitrogens is 2. The van der Waals surface area contributed by atoms with Crippen LogP contribution < -0.4 is 15.4 Å². The first kappa shape index (κ1) is 31.1. The molecular formula is C26H36ClF3N4O4S. The van der Waals surface area contributed by atoms with Crippen LogP contribution in [0.5, 0.6) is 5.75 Å². The minimum absolute atomic E-state index is 0.0151. The maximum absolute atomic E-state index is 13.2. The van der Waals surface area contributed by atoms with E-state index in [0.29, 0.717) is 43.7 Å². The number of nitrogens with zero attached hydrogens (tertiary/aromatic N) is 2. The van der Waals surface area contributed by atoms with Crippen LogP contribution in [0.15, 0.2) is 18.2 Å². The number of imidazole rings is 1. The fourth-order valence-electron chi connectivity index (χ4n) is 4.64. The monoisotopic (exact) mass is 592 g/mol. The number of ether oxygens (including phenoxy) is 1. The number of methoxy groups -OCH3 is 1. The number of hydrogen-bond donors (Lipinski definition) is 2. The molecule has 0 aliphatic heterocycles. The lowest BCUT2D eigenvalue weighted by Crippen LogP contribution is -2.34. The smallest absolute Gasteiger partial charge is 0.408 e. The molecular weight excluding hydrogens is 557 g/mol. The van der Waals surface area contributed by atoms with Gasteiger partial charge in [-0.3, -0.25) is 9.36 Å². The Morgan fingerprint density at radius 3 is 2.33 bits per heavy atom. The Morgan fingerprint density at radius 2 is 1.82 bits per heavy atom. The molecule has 13 heteroatoms. The number of alkyl halides is 3. The summed E-state index contributed by atoms with van der Waals surface area (Å²) < 4.78 is 69.8. The lowest BCUT2D eigenvalue weighted by Gasteiger charge is -2.27. The van der Waals surface area contributed by atoms with E-state index >= 15 is 0 Å². The molecule has 1 saturated carbocycles. The summed E-state index contributed by atoms with van der Waals surface area (Å²) in [5.41, 5.74) is 0.0843. The minimum Gasteiger partial charge on any atom is -0.494 e. The topological polar surface area (TPSA) is 102 Å². The van der Waals surface area contributed by atoms with Gasteiger partial charge in [-0.2, -0.15) is 13.2 Å². The van der Waals surface area contributed by atoms with E-state index in [2.05, 4.69) is 15.6 Å². The van der Waals surface area contributed by atoms with E-state index in [1.807, 2.05) is 20.8 Å². The van der Waals surface area contributed by atoms with Gasteiger partial charge >= 0.3 is 6.18 Å². The zero-order valence-electron chi connectivity index (χ0n) is 22.9. The van der Waals surface area contributed by atoms with Crippen LogP contribution in [-0.2, 0) is 15.3 Å². The average molecular weight is 593 g/mol. The lowest BCUT2D eigenvalue weighted by atomic mass is 9.89. The normalized spacial score (nSPS) is 19.4. The van der Waals surface area contributed by atoms with Crippen molar-refractivity contribution in [3.63, 3.8) is 0 Å². The first-order valence-electron chi connectivity index (χ1n) is 12.7. The number of halogens is 4. The third-order valence-electron chi connectivity index (χ3n) is 6.95. The first-order chi connectivity index (χ1) is 17.9. The second-order valence-electron chi connectivity index (χ2n) is 11.1. The van der Waals surface area contributed by atoms with E-state index in [-0.39, 0.29) is 33.5 Å². The number of nitrogens with one attached hydrogen (secondary N) is 2. The van der Waals surface area contributed by atoms with Gasteiger partial charge in [0.05, 0.1) is 18.0 Å². The van der Waals surface area contributed by atoms with Crippen LogP contribution >= 0.6 is 11.6 Å². The standard InChI is InChI=1S/C26H36ClF3N4O4S/c1-15(26(28,29)30)32-17-9-12-19(20(13-17)38-5)34-22(27)21(33-24(34)25(2,3)4)23(35)31-14-16-7-10-18(11-8-16)39(6,36)37/h9,12-13,15-16,18,32H,7-8,10-11,14H2,1-6H3,(H,31,35)/t15-,16-,18+/m1/s1. The number of carbonyl (C=O) groups excluding carboxylic acids is 1. The SMILES string of the molecule is COc1cc(N[C@H](C)C(F)(F)F)ccc1-n1c(C(C)(C)C)nc(C(=O)NC[C@H]2CC[C@@H](S(C)(=O)=O)CC2)c1Cl. The summed E-state index contributed by atoms with van der Waals surface area (Å²) in [5, 5.41) is 5.01. The number of benzene rings is 1. The van der Waals surface area contributed by atoms with Crippen molar-refractivity contribution >= 4 is 33.0 Å². The van der Waals surface area contributed by atoms with Gasteiger partial charge in [-0.1, -0.05) is 32.4 Å². The van der Waals surface area contributed by atoms with Gasteiger partial charge in [0.25, 0.3) is 5.91 Å². The van der Waals surface area contributed by atoms with Gasteiger partial charge in [-0.05, 0) is 50.7 Å². The molecule has 39 heavy (non-hydrogen) atoms. The molecule has 0 saturated heterocycles. The molecule has 0 spiro atoms. The molecule has 0 radical (unpaired) electrons. The van der Waals surface area contributed by atoms with Gasteiger partial charge in [-0.25, -0.2) is 13.4 Å². The van der Waals surface area contributed by atoms with Crippen molar-refractivity contribution < 1.29 is 31.1 Å². The maximum atomic E-state index is 13.2. The van der Waals surface area contributed by atoms with Crippen molar-refractivity contribution in [2.45, 2.75) is 76.3 Å². The first-order valence-corrected chi connectivity index (χ1v) is 15.0. The van der Waals surface area contributed by atoms with Crippen molar-refractivity contribution in [3.8, 4) is 11.4 Å². The van der Waals surface area contributed by atoms with Gasteiger partial charge in [-0.15, -0.1) is 0 Å². The fraction of sp³-hybridized carbons (Fsp3) is 0.615. The summed E-state index contributed by atoms with van der Waals surface area (Å²) in [6.45, 7) is 7.09. The summed E-state index contributed by atoms with van der Waals surface area (Å²) in [7, 11) is -1.68. The van der Waals surface area contributed by atoms with E-state index in [1.165, 1.54) is 25.5 Å². The molecule has 0 bridgehead atoms. The van der Waals surface area contributed by atoms with Crippen LogP contribution in [0.25, 0.3) is 5.69 Å². The molecule has 2 aromatic rings. The number of sulfone groups is 1. The summed E-state index contributed by atoms with van der Waals surface area (Å²) in [6.07, 6.45) is -0.651. The summed E-state index contributed by atoms with van der Waals surface area (Å²) in [4.78, 5) is 17.7. The van der Waals surface area contributed by atoms with Crippen LogP contribution in [0.2, 0.25) is 5.15 Å². The molecule has 1 aliphatic rings. The predicted molar refractivity (Wildman–Crippen MR) is 146 cm³/mol. The molecule has 218 valence electrons. The summed E-state index contributed by atoms with van der Waals surface area (Å²) in [6, 6.07) is 2.71. The molecule has 1 aliphatic carbocycles. The predicted octanol–water partition coefficient (Wildman–Crippen LogP) is 5.53. The molecule has 1 aromatic carbocycles. The second-order valence-corrected chi connectivity index (χ2v) is 13.8. The van der Waals surface area contributed by atoms with E-state index in [1.54, 1.807) is 10.6 Å². The zero-order valence-corrected chi connectivity index (χ0v) is 24.5. The highest BCUT2D eigenvalue weighted by Crippen LogP contribution is 2.37. The van der Waals surface area contributed by atoms with E-state index in [0.717, 1.165) is 6.92 Å². The Morgan fingerprint density at radius 1 is 1.21 bits per heavy atom. The number of carbonyl (C=O) groups is 1. The number of hydrogen-bond acceptors (Lipinski definition) is 6. The van der Waals surface area contributed by atoms with Crippen LogP contribution in [0, 0.1) is 5.92 Å². The Balaban J connectivity index is 1.87. The van der Waals surface area contributed by atoms with Gasteiger partial charge in [0.15, 0.2) is 5.69 Å². The average Bonchev–Trinajstić information content (AvgIpc) is 3.19. The molecule has 1 fully saturated rings. The molecule has 0 unspecified atom stereocenters. The number of anilines is 1. The second kappa shape index (κ2) is 11.6. The Labute approximate surface area is 232 Å². The van der Waals surface area contributed by atoms with Crippen molar-refractivity contribution in [1.29, 1.82) is 0 Å². The van der Waals surface area contributed by atoms with E-state index < -0.39 is 33.4 Å². The highest BCUT2D eigenvalue weighted by molar-refractivity contribution is 7.91. The number of rotatable bonds is 8.